The van der Waals surface area contributed by atoms with Crippen LogP contribution in [0.25, 0.3) is 0 Å². The zero-order valence-electron chi connectivity index (χ0n) is 24.6. The summed E-state index contributed by atoms with van der Waals surface area (Å²) in [5.74, 6) is -0.702. The average Bonchev–Trinajstić information content (AvgIpc) is 3.25. The van der Waals surface area contributed by atoms with Gasteiger partial charge in [-0.25, -0.2) is 0 Å². The summed E-state index contributed by atoms with van der Waals surface area (Å²) in [6, 6.07) is 0. The average molecular weight is 547 g/mol. The zero-order chi connectivity index (χ0) is 27.7. The van der Waals surface area contributed by atoms with Gasteiger partial charge in [0, 0.05) is 26.7 Å². The van der Waals surface area contributed by atoms with Crippen molar-refractivity contribution in [3.8, 4) is 0 Å². The summed E-state index contributed by atoms with van der Waals surface area (Å²) in [7, 11) is -4.03. The van der Waals surface area contributed by atoms with Crippen LogP contribution >= 0.6 is 0 Å². The fourth-order valence-electron chi connectivity index (χ4n) is 3.96. The largest absolute Gasteiger partial charge is 0.457 e. The normalized spacial score (nSPS) is 26.9. The number of carbonyl (C=O) groups is 2. The molecule has 0 aromatic carbocycles. The summed E-state index contributed by atoms with van der Waals surface area (Å²) in [5, 5.41) is 0.102. The Morgan fingerprint density at radius 1 is 0.722 bits per heavy atom. The highest BCUT2D eigenvalue weighted by atomic mass is 28.4. The number of rotatable bonds is 10. The standard InChI is InChI=1S/C26H50O8Si2/c1-17(27)31-23(15-29-35(9,10)25(3,4)5)21-13-19-20(33-21)14-22(34-19)24(32-18(2)28)16-30-36(11,12)26(6,7)8/h19-24H,13-16H2,1-12H3/t19-,20-,21-,22+,23+,24-/m0/s1. The van der Waals surface area contributed by atoms with E-state index in [0.717, 1.165) is 0 Å². The van der Waals surface area contributed by atoms with Crippen molar-refractivity contribution in [1.29, 1.82) is 0 Å². The summed E-state index contributed by atoms with van der Waals surface area (Å²) in [6.45, 7) is 25.2. The molecule has 0 spiro atoms. The van der Waals surface area contributed by atoms with Gasteiger partial charge in [0.25, 0.3) is 0 Å². The van der Waals surface area contributed by atoms with E-state index in [1.54, 1.807) is 0 Å². The van der Waals surface area contributed by atoms with E-state index >= 15 is 0 Å². The molecule has 8 nitrogen and oxygen atoms in total. The fourth-order valence-corrected chi connectivity index (χ4v) is 5.99. The Balaban J connectivity index is 2.03. The Morgan fingerprint density at radius 2 is 1.03 bits per heavy atom. The molecule has 0 saturated carbocycles. The highest BCUT2D eigenvalue weighted by Gasteiger charge is 2.50. The topological polar surface area (TPSA) is 89.5 Å². The molecule has 2 aliphatic rings. The van der Waals surface area contributed by atoms with E-state index in [1.807, 2.05) is 0 Å². The summed E-state index contributed by atoms with van der Waals surface area (Å²) in [4.78, 5) is 23.7. The summed E-state index contributed by atoms with van der Waals surface area (Å²) in [6.07, 6.45) is -0.707. The van der Waals surface area contributed by atoms with Crippen molar-refractivity contribution in [2.75, 3.05) is 13.2 Å². The molecule has 2 heterocycles. The van der Waals surface area contributed by atoms with E-state index < -0.39 is 28.8 Å². The van der Waals surface area contributed by atoms with E-state index in [2.05, 4.69) is 67.7 Å². The van der Waals surface area contributed by atoms with E-state index in [1.165, 1.54) is 13.8 Å². The Hall–Kier alpha value is -0.786. The Bertz CT molecular complexity index is 695. The Kier molecular flexibility index (Phi) is 10.1. The minimum absolute atomic E-state index is 0.0509. The Morgan fingerprint density at radius 3 is 1.28 bits per heavy atom. The molecule has 36 heavy (non-hydrogen) atoms. The van der Waals surface area contributed by atoms with Crippen LogP contribution in [0.3, 0.4) is 0 Å². The van der Waals surface area contributed by atoms with Gasteiger partial charge in [-0.3, -0.25) is 9.59 Å². The van der Waals surface area contributed by atoms with Gasteiger partial charge < -0.3 is 27.8 Å². The molecule has 0 amide bonds. The first kappa shape index (κ1) is 31.4. The number of hydrogen-bond acceptors (Lipinski definition) is 8. The van der Waals surface area contributed by atoms with E-state index in [4.69, 9.17) is 27.8 Å². The van der Waals surface area contributed by atoms with Gasteiger partial charge in [-0.05, 0) is 36.3 Å². The smallest absolute Gasteiger partial charge is 0.303 e. The van der Waals surface area contributed by atoms with Crippen molar-refractivity contribution in [2.24, 2.45) is 0 Å². The molecule has 2 fully saturated rings. The van der Waals surface area contributed by atoms with Crippen molar-refractivity contribution in [2.45, 2.75) is 141 Å². The fraction of sp³-hybridized carbons (Fsp3) is 0.923. The number of hydrogen-bond donors (Lipinski definition) is 0. The lowest BCUT2D eigenvalue weighted by molar-refractivity contribution is -0.159. The third kappa shape index (κ3) is 8.10. The second-order valence-electron chi connectivity index (χ2n) is 13.3. The number of carbonyl (C=O) groups excluding carboxylic acids is 2. The third-order valence-corrected chi connectivity index (χ3v) is 17.3. The first-order chi connectivity index (χ1) is 16.2. The minimum atomic E-state index is -2.02. The molecule has 0 unspecified atom stereocenters. The maximum Gasteiger partial charge on any atom is 0.303 e. The lowest BCUT2D eigenvalue weighted by Crippen LogP contribution is -2.46. The Labute approximate surface area is 220 Å². The van der Waals surface area contributed by atoms with Crippen LogP contribution in [0.2, 0.25) is 36.3 Å². The molecule has 2 aliphatic heterocycles. The van der Waals surface area contributed by atoms with Crippen LogP contribution in [0.15, 0.2) is 0 Å². The van der Waals surface area contributed by atoms with Crippen LogP contribution in [0, 0.1) is 0 Å². The molecule has 10 heteroatoms. The highest BCUT2D eigenvalue weighted by Crippen LogP contribution is 2.41. The molecule has 0 N–H and O–H groups in total. The quantitative estimate of drug-likeness (QED) is 0.273. The maximum atomic E-state index is 11.8. The molecule has 0 aromatic rings. The van der Waals surface area contributed by atoms with Crippen LogP contribution in [-0.4, -0.2) is 78.4 Å². The molecule has 0 radical (unpaired) electrons. The van der Waals surface area contributed by atoms with Gasteiger partial charge in [0.15, 0.2) is 16.6 Å². The first-order valence-corrected chi connectivity index (χ1v) is 19.0. The maximum absolute atomic E-state index is 11.8. The number of esters is 2. The molecular formula is C26H50O8Si2. The second-order valence-corrected chi connectivity index (χ2v) is 23.0. The summed E-state index contributed by atoms with van der Waals surface area (Å²) in [5.41, 5.74) is 0. The second kappa shape index (κ2) is 11.5. The molecule has 0 aliphatic carbocycles. The van der Waals surface area contributed by atoms with Crippen molar-refractivity contribution >= 4 is 28.6 Å². The molecule has 210 valence electrons. The molecule has 2 saturated heterocycles. The van der Waals surface area contributed by atoms with Gasteiger partial charge in [-0.2, -0.15) is 0 Å². The molecule has 2 rings (SSSR count). The predicted octanol–water partition coefficient (Wildman–Crippen LogP) is 5.21. The van der Waals surface area contributed by atoms with Crippen molar-refractivity contribution in [3.05, 3.63) is 0 Å². The number of fused-ring (bicyclic) bond motifs is 1. The van der Waals surface area contributed by atoms with Crippen molar-refractivity contribution in [3.63, 3.8) is 0 Å². The van der Waals surface area contributed by atoms with Crippen LogP contribution in [0.4, 0.5) is 0 Å². The highest BCUT2D eigenvalue weighted by molar-refractivity contribution is 6.74. The van der Waals surface area contributed by atoms with E-state index in [9.17, 15) is 9.59 Å². The van der Waals surface area contributed by atoms with Crippen LogP contribution in [0.5, 0.6) is 0 Å². The van der Waals surface area contributed by atoms with Gasteiger partial charge in [0.05, 0.1) is 37.6 Å². The van der Waals surface area contributed by atoms with E-state index in [-0.39, 0.29) is 46.4 Å². The van der Waals surface area contributed by atoms with Crippen LogP contribution in [0.1, 0.15) is 68.2 Å². The molecule has 0 aromatic heterocycles. The van der Waals surface area contributed by atoms with Crippen molar-refractivity contribution < 1.29 is 37.4 Å². The predicted molar refractivity (Wildman–Crippen MR) is 144 cm³/mol. The molecule has 6 atom stereocenters. The van der Waals surface area contributed by atoms with Gasteiger partial charge in [0.1, 0.15) is 12.2 Å². The van der Waals surface area contributed by atoms with Gasteiger partial charge in [-0.15, -0.1) is 0 Å². The summed E-state index contributed by atoms with van der Waals surface area (Å²) >= 11 is 0. The molecule has 0 bridgehead atoms. The van der Waals surface area contributed by atoms with E-state index in [0.29, 0.717) is 26.1 Å². The van der Waals surface area contributed by atoms with Gasteiger partial charge in [-0.1, -0.05) is 41.5 Å². The zero-order valence-corrected chi connectivity index (χ0v) is 26.6. The lowest BCUT2D eigenvalue weighted by Gasteiger charge is -2.38. The summed E-state index contributed by atoms with van der Waals surface area (Å²) < 4.78 is 36.7. The molecular weight excluding hydrogens is 496 g/mol. The monoisotopic (exact) mass is 546 g/mol. The third-order valence-electron chi connectivity index (χ3n) is 8.34. The minimum Gasteiger partial charge on any atom is -0.457 e. The van der Waals surface area contributed by atoms with Gasteiger partial charge >= 0.3 is 11.9 Å². The first-order valence-electron chi connectivity index (χ1n) is 13.2. The SMILES string of the molecule is CC(=O)O[C@@H](CO[Si](C)(C)C(C)(C)C)[C@H]1C[C@@H]2O[C@H]([C@@H](CO[Si](C)(C)C(C)(C)C)OC(C)=O)C[C@@H]2O1. The number of ether oxygens (including phenoxy) is 4. The lowest BCUT2D eigenvalue weighted by atomic mass is 10.1. The van der Waals surface area contributed by atoms with Crippen LogP contribution in [-0.2, 0) is 37.4 Å². The van der Waals surface area contributed by atoms with Crippen LogP contribution < -0.4 is 0 Å². The van der Waals surface area contributed by atoms with Gasteiger partial charge in [0.2, 0.25) is 0 Å². The van der Waals surface area contributed by atoms with Crippen molar-refractivity contribution in [1.82, 2.24) is 0 Å².